The SMILES string of the molecule is Nc1nc(=O)n(C2(O)[C@H](O)COC[C@H]2O)cc1F. The van der Waals surface area contributed by atoms with Gasteiger partial charge in [-0.15, -0.1) is 0 Å². The molecule has 0 saturated carbocycles. The lowest BCUT2D eigenvalue weighted by molar-refractivity contribution is -0.258. The first-order valence-electron chi connectivity index (χ1n) is 5.08. The molecule has 0 aliphatic carbocycles. The molecule has 2 rings (SSSR count). The molecule has 2 atom stereocenters. The van der Waals surface area contributed by atoms with E-state index in [2.05, 4.69) is 4.98 Å². The van der Waals surface area contributed by atoms with Crippen molar-refractivity contribution in [1.29, 1.82) is 0 Å². The second-order valence-corrected chi connectivity index (χ2v) is 3.98. The van der Waals surface area contributed by atoms with Gasteiger partial charge in [-0.1, -0.05) is 0 Å². The molecule has 5 N–H and O–H groups in total. The highest BCUT2D eigenvalue weighted by Gasteiger charge is 2.49. The topological polar surface area (TPSA) is 131 Å². The van der Waals surface area contributed by atoms with Crippen molar-refractivity contribution in [3.8, 4) is 0 Å². The van der Waals surface area contributed by atoms with Gasteiger partial charge in [0.2, 0.25) is 5.72 Å². The molecule has 0 spiro atoms. The van der Waals surface area contributed by atoms with Gasteiger partial charge < -0.3 is 25.8 Å². The molecule has 0 radical (unpaired) electrons. The maximum absolute atomic E-state index is 13.3. The monoisotopic (exact) mass is 261 g/mol. The minimum atomic E-state index is -2.41. The van der Waals surface area contributed by atoms with E-state index in [0.29, 0.717) is 10.8 Å². The summed E-state index contributed by atoms with van der Waals surface area (Å²) in [6, 6.07) is 0. The second-order valence-electron chi connectivity index (χ2n) is 3.98. The Morgan fingerprint density at radius 2 is 2.06 bits per heavy atom. The van der Waals surface area contributed by atoms with Crippen LogP contribution in [0.25, 0.3) is 0 Å². The van der Waals surface area contributed by atoms with E-state index in [1.807, 2.05) is 0 Å². The van der Waals surface area contributed by atoms with Crippen LogP contribution in [-0.4, -0.2) is 50.3 Å². The summed E-state index contributed by atoms with van der Waals surface area (Å²) < 4.78 is 18.5. The highest BCUT2D eigenvalue weighted by molar-refractivity contribution is 5.26. The van der Waals surface area contributed by atoms with E-state index in [0.717, 1.165) is 0 Å². The molecule has 18 heavy (non-hydrogen) atoms. The summed E-state index contributed by atoms with van der Waals surface area (Å²) in [5.74, 6) is -1.68. The van der Waals surface area contributed by atoms with Crippen LogP contribution in [0.3, 0.4) is 0 Å². The van der Waals surface area contributed by atoms with Crippen LogP contribution in [0.15, 0.2) is 11.0 Å². The molecule has 9 heteroatoms. The fourth-order valence-corrected chi connectivity index (χ4v) is 1.78. The number of rotatable bonds is 1. The number of nitrogen functional groups attached to an aromatic ring is 1. The van der Waals surface area contributed by atoms with Gasteiger partial charge in [-0.05, 0) is 0 Å². The first-order valence-corrected chi connectivity index (χ1v) is 5.08. The minimum absolute atomic E-state index is 0.313. The first kappa shape index (κ1) is 12.9. The summed E-state index contributed by atoms with van der Waals surface area (Å²) in [5, 5.41) is 29.5. The number of hydrogen-bond acceptors (Lipinski definition) is 7. The predicted molar refractivity (Wildman–Crippen MR) is 55.9 cm³/mol. The minimum Gasteiger partial charge on any atom is -0.386 e. The quantitative estimate of drug-likeness (QED) is 0.434. The number of aliphatic hydroxyl groups is 3. The van der Waals surface area contributed by atoms with E-state index in [1.165, 1.54) is 0 Å². The molecule has 1 fully saturated rings. The normalized spacial score (nSPS) is 27.1. The number of halogens is 1. The lowest BCUT2D eigenvalue weighted by Gasteiger charge is -2.41. The average Bonchev–Trinajstić information content (AvgIpc) is 2.30. The van der Waals surface area contributed by atoms with Crippen LogP contribution in [0, 0.1) is 5.82 Å². The Morgan fingerprint density at radius 3 is 2.61 bits per heavy atom. The number of hydrogen-bond donors (Lipinski definition) is 4. The Hall–Kier alpha value is -1.55. The third-order valence-corrected chi connectivity index (χ3v) is 2.83. The van der Waals surface area contributed by atoms with Crippen LogP contribution in [0.4, 0.5) is 10.2 Å². The van der Waals surface area contributed by atoms with Crippen molar-refractivity contribution in [2.45, 2.75) is 17.9 Å². The molecule has 1 aliphatic heterocycles. The molecule has 1 aromatic rings. The molecular weight excluding hydrogens is 249 g/mol. The number of nitrogens with zero attached hydrogens (tertiary/aromatic N) is 2. The van der Waals surface area contributed by atoms with E-state index in [-0.39, 0.29) is 13.2 Å². The summed E-state index contributed by atoms with van der Waals surface area (Å²) in [4.78, 5) is 14.7. The fourth-order valence-electron chi connectivity index (χ4n) is 1.78. The zero-order valence-corrected chi connectivity index (χ0v) is 9.15. The molecule has 1 aromatic heterocycles. The highest BCUT2D eigenvalue weighted by Crippen LogP contribution is 2.26. The van der Waals surface area contributed by atoms with Crippen LogP contribution >= 0.6 is 0 Å². The molecule has 0 bridgehead atoms. The van der Waals surface area contributed by atoms with Crippen molar-refractivity contribution < 1.29 is 24.4 Å². The highest BCUT2D eigenvalue weighted by atomic mass is 19.1. The molecule has 0 aromatic carbocycles. The van der Waals surface area contributed by atoms with E-state index in [4.69, 9.17) is 10.5 Å². The maximum atomic E-state index is 13.3. The van der Waals surface area contributed by atoms with Crippen LogP contribution in [0.1, 0.15) is 0 Å². The van der Waals surface area contributed by atoms with Crippen molar-refractivity contribution in [2.75, 3.05) is 18.9 Å². The number of aromatic nitrogens is 2. The van der Waals surface area contributed by atoms with E-state index in [9.17, 15) is 24.5 Å². The Balaban J connectivity index is 2.58. The van der Waals surface area contributed by atoms with Gasteiger partial charge in [0, 0.05) is 0 Å². The van der Waals surface area contributed by atoms with Crippen LogP contribution in [0.5, 0.6) is 0 Å². The molecule has 1 aliphatic rings. The van der Waals surface area contributed by atoms with E-state index < -0.39 is 35.3 Å². The lowest BCUT2D eigenvalue weighted by atomic mass is 9.98. The standard InChI is InChI=1S/C9H12FN3O5/c10-4-1-13(8(16)12-7(4)11)9(17)5(14)2-18-3-6(9)15/h1,5-6,14-15,17H,2-3H2,(H2,11,12,16)/t5-,6-/m1/s1. The van der Waals surface area contributed by atoms with Gasteiger partial charge in [0.05, 0.1) is 19.4 Å². The van der Waals surface area contributed by atoms with Gasteiger partial charge >= 0.3 is 5.69 Å². The van der Waals surface area contributed by atoms with Gasteiger partial charge in [0.25, 0.3) is 0 Å². The lowest BCUT2D eigenvalue weighted by Crippen LogP contribution is -2.63. The Morgan fingerprint density at radius 1 is 1.50 bits per heavy atom. The van der Waals surface area contributed by atoms with Gasteiger partial charge in [-0.25, -0.2) is 9.18 Å². The summed E-state index contributed by atoms with van der Waals surface area (Å²) in [6.45, 7) is -0.627. The number of nitrogens with two attached hydrogens (primary N) is 1. The molecule has 2 heterocycles. The van der Waals surface area contributed by atoms with Crippen molar-refractivity contribution >= 4 is 5.82 Å². The Labute approximate surface area is 100 Å². The molecule has 8 nitrogen and oxygen atoms in total. The maximum Gasteiger partial charge on any atom is 0.352 e. The third kappa shape index (κ3) is 1.77. The van der Waals surface area contributed by atoms with Crippen LogP contribution in [0.2, 0.25) is 0 Å². The third-order valence-electron chi connectivity index (χ3n) is 2.83. The number of aliphatic hydroxyl groups excluding tert-OH is 2. The van der Waals surface area contributed by atoms with Gasteiger partial charge in [-0.2, -0.15) is 4.98 Å². The van der Waals surface area contributed by atoms with Gasteiger partial charge in [0.1, 0.15) is 12.2 Å². The fraction of sp³-hybridized carbons (Fsp3) is 0.556. The molecule has 100 valence electrons. The van der Waals surface area contributed by atoms with E-state index >= 15 is 0 Å². The first-order chi connectivity index (χ1) is 8.37. The van der Waals surface area contributed by atoms with Crippen molar-refractivity contribution in [1.82, 2.24) is 9.55 Å². The summed E-state index contributed by atoms with van der Waals surface area (Å²) in [6.07, 6.45) is -2.63. The zero-order chi connectivity index (χ0) is 13.5. The molecule has 0 amide bonds. The smallest absolute Gasteiger partial charge is 0.352 e. The largest absolute Gasteiger partial charge is 0.386 e. The average molecular weight is 261 g/mol. The summed E-state index contributed by atoms with van der Waals surface area (Å²) >= 11 is 0. The molecule has 0 unspecified atom stereocenters. The van der Waals surface area contributed by atoms with Gasteiger partial charge in [-0.3, -0.25) is 4.57 Å². The number of anilines is 1. The van der Waals surface area contributed by atoms with Gasteiger partial charge in [0.15, 0.2) is 11.6 Å². The van der Waals surface area contributed by atoms with E-state index in [1.54, 1.807) is 0 Å². The molecular formula is C9H12FN3O5. The zero-order valence-electron chi connectivity index (χ0n) is 9.15. The van der Waals surface area contributed by atoms with Crippen LogP contribution < -0.4 is 11.4 Å². The Kier molecular flexibility index (Phi) is 3.07. The Bertz CT molecular complexity index is 509. The van der Waals surface area contributed by atoms with Crippen molar-refractivity contribution in [3.05, 3.63) is 22.5 Å². The van der Waals surface area contributed by atoms with Crippen molar-refractivity contribution in [2.24, 2.45) is 0 Å². The summed E-state index contributed by atoms with van der Waals surface area (Å²) in [7, 11) is 0. The second kappa shape index (κ2) is 4.28. The van der Waals surface area contributed by atoms with Crippen LogP contribution in [-0.2, 0) is 10.5 Å². The predicted octanol–water partition coefficient (Wildman–Crippen LogP) is -2.64. The number of ether oxygens (including phenoxy) is 1. The van der Waals surface area contributed by atoms with Crippen molar-refractivity contribution in [3.63, 3.8) is 0 Å². The summed E-state index contributed by atoms with van der Waals surface area (Å²) in [5.41, 5.74) is 1.61. The molecule has 1 saturated heterocycles.